The van der Waals surface area contributed by atoms with Crippen molar-refractivity contribution in [2.75, 3.05) is 32.6 Å². The van der Waals surface area contributed by atoms with Crippen molar-refractivity contribution in [1.82, 2.24) is 10.6 Å². The normalized spacial score (nSPS) is 11.9. The number of urea groups is 1. The van der Waals surface area contributed by atoms with E-state index in [1.807, 2.05) is 0 Å². The number of hydrogen-bond donors (Lipinski definition) is 2. The molecule has 0 aromatic heterocycles. The van der Waals surface area contributed by atoms with Gasteiger partial charge in [-0.1, -0.05) is 12.1 Å². The molecular formula is C13H19FN2O3S. The average Bonchev–Trinajstić information content (AvgIpc) is 2.44. The number of hydrogen-bond acceptors (Lipinski definition) is 3. The molecule has 1 aromatic carbocycles. The molecule has 0 spiro atoms. The molecule has 0 saturated heterocycles. The van der Waals surface area contributed by atoms with Gasteiger partial charge in [0.25, 0.3) is 0 Å². The zero-order chi connectivity index (χ0) is 14.8. The maximum Gasteiger partial charge on any atom is 0.314 e. The highest BCUT2D eigenvalue weighted by atomic mass is 32.2. The Morgan fingerprint density at radius 2 is 2.00 bits per heavy atom. The monoisotopic (exact) mass is 302 g/mol. The number of carbonyl (C=O) groups is 1. The van der Waals surface area contributed by atoms with Crippen LogP contribution in [0.1, 0.15) is 6.42 Å². The van der Waals surface area contributed by atoms with Crippen molar-refractivity contribution in [2.45, 2.75) is 11.3 Å². The van der Waals surface area contributed by atoms with E-state index in [4.69, 9.17) is 4.74 Å². The standard InChI is InChI=1S/C13H19FN2O3S/c1-19-9-4-7-15-13(17)16-8-10-20(18)12-6-3-2-5-11(12)14/h2-3,5-6H,4,7-10H2,1H3,(H2,15,16,17)/t20-/m1/s1. The second-order valence-electron chi connectivity index (χ2n) is 4.01. The third-order valence-corrected chi connectivity index (χ3v) is 3.86. The minimum Gasteiger partial charge on any atom is -0.385 e. The van der Waals surface area contributed by atoms with Gasteiger partial charge >= 0.3 is 6.03 Å². The fraction of sp³-hybridized carbons (Fsp3) is 0.462. The summed E-state index contributed by atoms with van der Waals surface area (Å²) in [6.45, 7) is 1.31. The van der Waals surface area contributed by atoms with Crippen molar-refractivity contribution in [1.29, 1.82) is 0 Å². The number of halogens is 1. The van der Waals surface area contributed by atoms with Crippen molar-refractivity contribution in [3.05, 3.63) is 30.1 Å². The second-order valence-corrected chi connectivity index (χ2v) is 5.55. The predicted octanol–water partition coefficient (Wildman–Crippen LogP) is 1.27. The van der Waals surface area contributed by atoms with Crippen LogP contribution in [0.15, 0.2) is 29.2 Å². The molecule has 0 unspecified atom stereocenters. The molecule has 1 aromatic rings. The van der Waals surface area contributed by atoms with Crippen LogP contribution in [0.25, 0.3) is 0 Å². The lowest BCUT2D eigenvalue weighted by molar-refractivity contribution is 0.193. The fourth-order valence-electron chi connectivity index (χ4n) is 1.48. The maximum atomic E-state index is 13.4. The summed E-state index contributed by atoms with van der Waals surface area (Å²) in [6, 6.07) is 5.60. The van der Waals surface area contributed by atoms with Crippen molar-refractivity contribution >= 4 is 16.8 Å². The Hall–Kier alpha value is -1.47. The molecule has 7 heteroatoms. The Morgan fingerprint density at radius 1 is 1.30 bits per heavy atom. The molecule has 0 heterocycles. The first-order chi connectivity index (χ1) is 9.65. The van der Waals surface area contributed by atoms with Gasteiger partial charge in [0.2, 0.25) is 0 Å². The molecule has 1 rings (SSSR count). The van der Waals surface area contributed by atoms with E-state index in [1.54, 1.807) is 19.2 Å². The smallest absolute Gasteiger partial charge is 0.314 e. The van der Waals surface area contributed by atoms with Crippen LogP contribution in [0.5, 0.6) is 0 Å². The summed E-state index contributed by atoms with van der Waals surface area (Å²) in [5.74, 6) is -0.318. The quantitative estimate of drug-likeness (QED) is 0.711. The first kappa shape index (κ1) is 16.6. The lowest BCUT2D eigenvalue weighted by Crippen LogP contribution is -2.38. The van der Waals surface area contributed by atoms with Gasteiger partial charge in [0, 0.05) is 32.6 Å². The zero-order valence-electron chi connectivity index (χ0n) is 11.4. The molecule has 2 amide bonds. The lowest BCUT2D eigenvalue weighted by atomic mass is 10.3. The molecular weight excluding hydrogens is 283 g/mol. The molecule has 0 radical (unpaired) electrons. The highest BCUT2D eigenvalue weighted by Gasteiger charge is 2.09. The third kappa shape index (κ3) is 6.12. The Bertz CT molecular complexity index is 457. The molecule has 0 aliphatic carbocycles. The van der Waals surface area contributed by atoms with Crippen molar-refractivity contribution in [2.24, 2.45) is 0 Å². The van der Waals surface area contributed by atoms with E-state index in [0.29, 0.717) is 13.2 Å². The Kier molecular flexibility index (Phi) is 7.82. The number of methoxy groups -OCH3 is 1. The first-order valence-electron chi connectivity index (χ1n) is 6.28. The Morgan fingerprint density at radius 3 is 2.70 bits per heavy atom. The summed E-state index contributed by atoms with van der Waals surface area (Å²) in [7, 11) is 0.138. The predicted molar refractivity (Wildman–Crippen MR) is 75.6 cm³/mol. The van der Waals surface area contributed by atoms with Gasteiger partial charge in [0.1, 0.15) is 5.82 Å². The highest BCUT2D eigenvalue weighted by Crippen LogP contribution is 2.11. The van der Waals surface area contributed by atoms with Gasteiger partial charge in [-0.25, -0.2) is 9.18 Å². The van der Waals surface area contributed by atoms with Gasteiger partial charge in [-0.05, 0) is 18.6 Å². The van der Waals surface area contributed by atoms with Crippen molar-refractivity contribution in [3.63, 3.8) is 0 Å². The zero-order valence-corrected chi connectivity index (χ0v) is 12.2. The number of benzene rings is 1. The van der Waals surface area contributed by atoms with E-state index in [2.05, 4.69) is 10.6 Å². The topological polar surface area (TPSA) is 67.4 Å². The van der Waals surface area contributed by atoms with E-state index in [1.165, 1.54) is 12.1 Å². The summed E-state index contributed by atoms with van der Waals surface area (Å²) in [5, 5.41) is 5.21. The van der Waals surface area contributed by atoms with Crippen LogP contribution in [0.3, 0.4) is 0 Å². The first-order valence-corrected chi connectivity index (χ1v) is 7.60. The number of rotatable bonds is 8. The van der Waals surface area contributed by atoms with E-state index >= 15 is 0 Å². The lowest BCUT2D eigenvalue weighted by Gasteiger charge is -2.07. The van der Waals surface area contributed by atoms with Gasteiger partial charge in [0.05, 0.1) is 15.7 Å². The van der Waals surface area contributed by atoms with E-state index in [9.17, 15) is 13.4 Å². The Balaban J connectivity index is 2.22. The molecule has 0 fully saturated rings. The van der Waals surface area contributed by atoms with Crippen molar-refractivity contribution in [3.8, 4) is 0 Å². The molecule has 2 N–H and O–H groups in total. The third-order valence-electron chi connectivity index (χ3n) is 2.47. The van der Waals surface area contributed by atoms with Crippen molar-refractivity contribution < 1.29 is 18.1 Å². The summed E-state index contributed by atoms with van der Waals surface area (Å²) < 4.78 is 30.0. The maximum absolute atomic E-state index is 13.4. The molecule has 0 saturated carbocycles. The minimum atomic E-state index is -1.46. The summed E-state index contributed by atoms with van der Waals surface area (Å²) in [4.78, 5) is 11.5. The van der Waals surface area contributed by atoms with Crippen LogP contribution in [0, 0.1) is 5.82 Å². The SMILES string of the molecule is COCCCNC(=O)NCC[S@@](=O)c1ccccc1F. The average molecular weight is 302 g/mol. The summed E-state index contributed by atoms with van der Waals surface area (Å²) >= 11 is 0. The van der Waals surface area contributed by atoms with E-state index in [-0.39, 0.29) is 23.2 Å². The molecule has 0 aliphatic heterocycles. The summed E-state index contributed by atoms with van der Waals surface area (Å²) in [5.41, 5.74) is 0. The highest BCUT2D eigenvalue weighted by molar-refractivity contribution is 7.85. The van der Waals surface area contributed by atoms with Gasteiger partial charge in [-0.15, -0.1) is 0 Å². The molecule has 0 bridgehead atoms. The van der Waals surface area contributed by atoms with Crippen LogP contribution in [-0.2, 0) is 15.5 Å². The largest absolute Gasteiger partial charge is 0.385 e. The van der Waals surface area contributed by atoms with Gasteiger partial charge < -0.3 is 15.4 Å². The minimum absolute atomic E-state index is 0.162. The van der Waals surface area contributed by atoms with Gasteiger partial charge in [0.15, 0.2) is 0 Å². The van der Waals surface area contributed by atoms with Crippen LogP contribution >= 0.6 is 0 Å². The van der Waals surface area contributed by atoms with Crippen LogP contribution in [-0.4, -0.2) is 42.8 Å². The molecule has 112 valence electrons. The van der Waals surface area contributed by atoms with Gasteiger partial charge in [-0.3, -0.25) is 4.21 Å². The number of nitrogens with one attached hydrogen (secondary N) is 2. The number of carbonyl (C=O) groups excluding carboxylic acids is 1. The Labute approximate surface area is 120 Å². The number of amides is 2. The van der Waals surface area contributed by atoms with Gasteiger partial charge in [-0.2, -0.15) is 0 Å². The molecule has 0 aliphatic rings. The molecule has 20 heavy (non-hydrogen) atoms. The second kappa shape index (κ2) is 9.44. The van der Waals surface area contributed by atoms with Crippen LogP contribution in [0.2, 0.25) is 0 Å². The molecule has 5 nitrogen and oxygen atoms in total. The molecule has 1 atom stereocenters. The van der Waals surface area contributed by atoms with E-state index < -0.39 is 16.6 Å². The summed E-state index contributed by atoms with van der Waals surface area (Å²) in [6.07, 6.45) is 0.727. The van der Waals surface area contributed by atoms with E-state index in [0.717, 1.165) is 6.42 Å². The van der Waals surface area contributed by atoms with Crippen LogP contribution in [0.4, 0.5) is 9.18 Å². The van der Waals surface area contributed by atoms with Crippen LogP contribution < -0.4 is 10.6 Å². The fourth-order valence-corrected chi connectivity index (χ4v) is 2.50. The number of ether oxygens (including phenoxy) is 1.